The maximum absolute atomic E-state index is 12.0. The largest absolute Gasteiger partial charge is 0.270 e. The molecule has 0 aliphatic heterocycles. The van der Waals surface area contributed by atoms with Gasteiger partial charge in [0.2, 0.25) is 0 Å². The highest BCUT2D eigenvalue weighted by Gasteiger charge is 2.09. The van der Waals surface area contributed by atoms with Gasteiger partial charge in [0.05, 0.1) is 0 Å². The molecule has 0 fully saturated rings. The van der Waals surface area contributed by atoms with Crippen LogP contribution in [-0.4, -0.2) is 15.6 Å². The number of rotatable bonds is 2. The minimum Gasteiger partial charge on any atom is -0.267 e. The Balaban J connectivity index is 2.23. The zero-order valence-electron chi connectivity index (χ0n) is 9.57. The van der Waals surface area contributed by atoms with Crippen LogP contribution in [0.15, 0.2) is 30.5 Å². The van der Waals surface area contributed by atoms with Crippen molar-refractivity contribution in [2.45, 2.75) is 13.8 Å². The predicted octanol–water partition coefficient (Wildman–Crippen LogP) is 2.54. The van der Waals surface area contributed by atoms with Crippen LogP contribution in [0.5, 0.6) is 0 Å². The Morgan fingerprint density at radius 3 is 2.53 bits per heavy atom. The topological polar surface area (TPSA) is 46.9 Å². The molecule has 0 aliphatic rings. The fourth-order valence-electron chi connectivity index (χ4n) is 1.55. The van der Waals surface area contributed by atoms with E-state index in [1.165, 1.54) is 12.3 Å². The van der Waals surface area contributed by atoms with Crippen molar-refractivity contribution in [3.05, 3.63) is 52.6 Å². The van der Waals surface area contributed by atoms with E-state index < -0.39 is 0 Å². The number of hydrogen-bond acceptors (Lipinski definition) is 2. The van der Waals surface area contributed by atoms with Crippen molar-refractivity contribution in [1.29, 1.82) is 0 Å². The molecule has 2 heterocycles. The highest BCUT2D eigenvalue weighted by atomic mass is 35.5. The van der Waals surface area contributed by atoms with Crippen LogP contribution in [0.4, 0.5) is 0 Å². The summed E-state index contributed by atoms with van der Waals surface area (Å²) in [6.45, 7) is 3.85. The number of aromatic nitrogens is 2. The van der Waals surface area contributed by atoms with Gasteiger partial charge in [-0.25, -0.2) is 4.98 Å². The van der Waals surface area contributed by atoms with Crippen molar-refractivity contribution in [1.82, 2.24) is 9.66 Å². The second-order valence-corrected chi connectivity index (χ2v) is 4.15. The third kappa shape index (κ3) is 2.47. The smallest absolute Gasteiger partial charge is 0.267 e. The first kappa shape index (κ1) is 11.7. The van der Waals surface area contributed by atoms with E-state index >= 15 is 0 Å². The Labute approximate surface area is 104 Å². The molecule has 2 rings (SSSR count). The van der Waals surface area contributed by atoms with E-state index in [-0.39, 0.29) is 5.91 Å². The summed E-state index contributed by atoms with van der Waals surface area (Å²) in [4.78, 5) is 15.8. The van der Waals surface area contributed by atoms with Crippen LogP contribution >= 0.6 is 11.6 Å². The van der Waals surface area contributed by atoms with E-state index in [4.69, 9.17) is 11.6 Å². The first-order chi connectivity index (χ1) is 8.08. The number of carbonyl (C=O) groups is 1. The molecule has 2 aromatic heterocycles. The minimum atomic E-state index is -0.211. The molecule has 0 unspecified atom stereocenters. The third-order valence-corrected chi connectivity index (χ3v) is 2.68. The maximum Gasteiger partial charge on any atom is 0.270 e. The van der Waals surface area contributed by atoms with Gasteiger partial charge in [0.25, 0.3) is 5.91 Å². The van der Waals surface area contributed by atoms with Crippen LogP contribution in [-0.2, 0) is 0 Å². The van der Waals surface area contributed by atoms with Crippen molar-refractivity contribution in [2.75, 3.05) is 5.43 Å². The first-order valence-electron chi connectivity index (χ1n) is 5.16. The van der Waals surface area contributed by atoms with Gasteiger partial charge in [-0.1, -0.05) is 11.6 Å². The highest BCUT2D eigenvalue weighted by molar-refractivity contribution is 6.29. The maximum atomic E-state index is 12.0. The number of halogens is 1. The number of aryl methyl sites for hydroxylation is 2. The molecular formula is C12H12ClN3O. The van der Waals surface area contributed by atoms with Crippen LogP contribution in [0, 0.1) is 13.8 Å². The summed E-state index contributed by atoms with van der Waals surface area (Å²) >= 11 is 5.74. The summed E-state index contributed by atoms with van der Waals surface area (Å²) in [5.41, 5.74) is 5.21. The number of nitrogens with one attached hydrogen (secondary N) is 1. The average Bonchev–Trinajstić information content (AvgIpc) is 2.61. The van der Waals surface area contributed by atoms with E-state index in [0.717, 1.165) is 11.4 Å². The summed E-state index contributed by atoms with van der Waals surface area (Å²) in [6, 6.07) is 7.03. The standard InChI is InChI=1S/C12H12ClN3O/c1-8-3-4-9(2)16(8)15-12(17)10-5-6-14-11(13)7-10/h3-7H,1-2H3,(H,15,17). The number of hydrogen-bond donors (Lipinski definition) is 1. The Hall–Kier alpha value is -1.81. The van der Waals surface area contributed by atoms with Gasteiger partial charge < -0.3 is 0 Å². The first-order valence-corrected chi connectivity index (χ1v) is 5.53. The minimum absolute atomic E-state index is 0.211. The second-order valence-electron chi connectivity index (χ2n) is 3.76. The summed E-state index contributed by atoms with van der Waals surface area (Å²) < 4.78 is 1.73. The third-order valence-electron chi connectivity index (χ3n) is 2.47. The van der Waals surface area contributed by atoms with E-state index in [9.17, 15) is 4.79 Å². The van der Waals surface area contributed by atoms with Gasteiger partial charge in [0.1, 0.15) is 5.15 Å². The van der Waals surface area contributed by atoms with Crippen LogP contribution in [0.1, 0.15) is 21.7 Å². The zero-order valence-corrected chi connectivity index (χ0v) is 10.3. The summed E-state index contributed by atoms with van der Waals surface area (Å²) in [5, 5.41) is 0.304. The van der Waals surface area contributed by atoms with E-state index in [1.807, 2.05) is 26.0 Å². The van der Waals surface area contributed by atoms with Crippen LogP contribution in [0.25, 0.3) is 0 Å². The van der Waals surface area contributed by atoms with Crippen LogP contribution in [0.2, 0.25) is 5.15 Å². The molecule has 0 spiro atoms. The average molecular weight is 250 g/mol. The lowest BCUT2D eigenvalue weighted by atomic mass is 10.2. The van der Waals surface area contributed by atoms with Gasteiger partial charge in [-0.05, 0) is 38.1 Å². The Kier molecular flexibility index (Phi) is 3.15. The van der Waals surface area contributed by atoms with Crippen molar-refractivity contribution < 1.29 is 4.79 Å². The molecule has 1 amide bonds. The van der Waals surface area contributed by atoms with Gasteiger partial charge in [0, 0.05) is 23.1 Å². The van der Waals surface area contributed by atoms with Gasteiger partial charge in [-0.3, -0.25) is 14.9 Å². The van der Waals surface area contributed by atoms with Crippen molar-refractivity contribution in [3.63, 3.8) is 0 Å². The second kappa shape index (κ2) is 4.59. The van der Waals surface area contributed by atoms with Gasteiger partial charge in [-0.2, -0.15) is 0 Å². The number of nitrogens with zero attached hydrogens (tertiary/aromatic N) is 2. The molecule has 17 heavy (non-hydrogen) atoms. The van der Waals surface area contributed by atoms with E-state index in [2.05, 4.69) is 10.4 Å². The molecule has 0 aromatic carbocycles. The van der Waals surface area contributed by atoms with Crippen molar-refractivity contribution in [3.8, 4) is 0 Å². The SMILES string of the molecule is Cc1ccc(C)n1NC(=O)c1ccnc(Cl)c1. The predicted molar refractivity (Wildman–Crippen MR) is 66.8 cm³/mol. The monoisotopic (exact) mass is 249 g/mol. The van der Waals surface area contributed by atoms with E-state index in [1.54, 1.807) is 10.7 Å². The molecular weight excluding hydrogens is 238 g/mol. The molecule has 0 saturated carbocycles. The molecule has 0 aliphatic carbocycles. The molecule has 0 saturated heterocycles. The number of amides is 1. The zero-order chi connectivity index (χ0) is 12.4. The molecule has 1 N–H and O–H groups in total. The number of carbonyl (C=O) groups excluding carboxylic acids is 1. The molecule has 88 valence electrons. The van der Waals surface area contributed by atoms with Crippen LogP contribution < -0.4 is 5.43 Å². The number of pyridine rings is 1. The summed E-state index contributed by atoms with van der Waals surface area (Å²) in [6.07, 6.45) is 1.51. The van der Waals surface area contributed by atoms with Gasteiger partial charge in [0.15, 0.2) is 0 Å². The fraction of sp³-hybridized carbons (Fsp3) is 0.167. The summed E-state index contributed by atoms with van der Waals surface area (Å²) in [5.74, 6) is -0.211. The molecule has 0 atom stereocenters. The van der Waals surface area contributed by atoms with Crippen molar-refractivity contribution >= 4 is 17.5 Å². The van der Waals surface area contributed by atoms with Crippen molar-refractivity contribution in [2.24, 2.45) is 0 Å². The van der Waals surface area contributed by atoms with Gasteiger partial charge >= 0.3 is 0 Å². The lowest BCUT2D eigenvalue weighted by molar-refractivity contribution is 0.101. The lowest BCUT2D eigenvalue weighted by Gasteiger charge is -2.11. The highest BCUT2D eigenvalue weighted by Crippen LogP contribution is 2.09. The van der Waals surface area contributed by atoms with Gasteiger partial charge in [-0.15, -0.1) is 0 Å². The Bertz CT molecular complexity index is 543. The van der Waals surface area contributed by atoms with Crippen LogP contribution in [0.3, 0.4) is 0 Å². The molecule has 5 heteroatoms. The molecule has 0 radical (unpaired) electrons. The fourth-order valence-corrected chi connectivity index (χ4v) is 1.73. The molecule has 0 bridgehead atoms. The Morgan fingerprint density at radius 1 is 1.29 bits per heavy atom. The molecule has 2 aromatic rings. The summed E-state index contributed by atoms with van der Waals surface area (Å²) in [7, 11) is 0. The normalized spacial score (nSPS) is 10.3. The Morgan fingerprint density at radius 2 is 1.94 bits per heavy atom. The van der Waals surface area contributed by atoms with E-state index in [0.29, 0.717) is 10.7 Å². The lowest BCUT2D eigenvalue weighted by Crippen LogP contribution is -2.24. The molecule has 4 nitrogen and oxygen atoms in total. The quantitative estimate of drug-likeness (QED) is 0.832.